The summed E-state index contributed by atoms with van der Waals surface area (Å²) in [5.41, 5.74) is 0.695. The molecule has 0 radical (unpaired) electrons. The van der Waals surface area contributed by atoms with Gasteiger partial charge in [-0.05, 0) is 33.4 Å². The molecule has 2 rings (SSSR count). The van der Waals surface area contributed by atoms with Gasteiger partial charge in [-0.2, -0.15) is 0 Å². The summed E-state index contributed by atoms with van der Waals surface area (Å²) >= 11 is 0. The van der Waals surface area contributed by atoms with Crippen LogP contribution in [0.2, 0.25) is 0 Å². The summed E-state index contributed by atoms with van der Waals surface area (Å²) in [6, 6.07) is 0.751. The van der Waals surface area contributed by atoms with Crippen LogP contribution in [0.15, 0.2) is 0 Å². The highest BCUT2D eigenvalue weighted by Crippen LogP contribution is 2.40. The third-order valence-electron chi connectivity index (χ3n) is 3.77. The molecule has 0 aromatic carbocycles. The Morgan fingerprint density at radius 1 is 1.23 bits per heavy atom. The van der Waals surface area contributed by atoms with E-state index in [1.54, 1.807) is 0 Å². The summed E-state index contributed by atoms with van der Waals surface area (Å²) in [6.45, 7) is 13.5. The van der Waals surface area contributed by atoms with Gasteiger partial charge in [0.2, 0.25) is 0 Å². The lowest BCUT2D eigenvalue weighted by Crippen LogP contribution is -2.59. The molecule has 2 heteroatoms. The van der Waals surface area contributed by atoms with E-state index in [-0.39, 0.29) is 0 Å². The Morgan fingerprint density at radius 3 is 2.38 bits per heavy atom. The van der Waals surface area contributed by atoms with Gasteiger partial charge in [0.05, 0.1) is 0 Å². The largest absolute Gasteiger partial charge is 0.303 e. The molecule has 0 bridgehead atoms. The van der Waals surface area contributed by atoms with E-state index in [1.807, 2.05) is 0 Å². The van der Waals surface area contributed by atoms with Crippen molar-refractivity contribution in [3.8, 4) is 0 Å². The van der Waals surface area contributed by atoms with Crippen LogP contribution >= 0.6 is 0 Å². The van der Waals surface area contributed by atoms with Gasteiger partial charge in [0.25, 0.3) is 0 Å². The lowest BCUT2D eigenvalue weighted by molar-refractivity contribution is -0.0137. The van der Waals surface area contributed by atoms with Crippen LogP contribution < -0.4 is 0 Å². The third-order valence-corrected chi connectivity index (χ3v) is 3.77. The van der Waals surface area contributed by atoms with Gasteiger partial charge in [0.15, 0.2) is 0 Å². The Balaban J connectivity index is 1.84. The second-order valence-corrected chi connectivity index (χ2v) is 5.12. The van der Waals surface area contributed by atoms with Gasteiger partial charge in [-0.25, -0.2) is 0 Å². The fraction of sp³-hybridized carbons (Fsp3) is 1.00. The predicted molar refractivity (Wildman–Crippen MR) is 55.9 cm³/mol. The molecule has 0 saturated carbocycles. The van der Waals surface area contributed by atoms with Crippen molar-refractivity contribution in [2.24, 2.45) is 5.41 Å². The van der Waals surface area contributed by atoms with Crippen LogP contribution in [0, 0.1) is 5.41 Å². The summed E-state index contributed by atoms with van der Waals surface area (Å²) in [5.74, 6) is 0. The first kappa shape index (κ1) is 9.47. The zero-order valence-electron chi connectivity index (χ0n) is 9.21. The van der Waals surface area contributed by atoms with Gasteiger partial charge in [0, 0.05) is 31.1 Å². The molecule has 2 nitrogen and oxygen atoms in total. The predicted octanol–water partition coefficient (Wildman–Crippen LogP) is 1.42. The zero-order chi connectivity index (χ0) is 9.47. The third kappa shape index (κ3) is 1.62. The quantitative estimate of drug-likeness (QED) is 0.637. The van der Waals surface area contributed by atoms with E-state index >= 15 is 0 Å². The highest BCUT2D eigenvalue weighted by molar-refractivity contribution is 5.01. The van der Waals surface area contributed by atoms with E-state index in [0.29, 0.717) is 5.41 Å². The minimum atomic E-state index is 0.695. The van der Waals surface area contributed by atoms with Crippen molar-refractivity contribution in [1.82, 2.24) is 9.80 Å². The van der Waals surface area contributed by atoms with Gasteiger partial charge in [-0.3, -0.25) is 4.90 Å². The Bertz CT molecular complexity index is 183. The Morgan fingerprint density at radius 2 is 1.92 bits per heavy atom. The van der Waals surface area contributed by atoms with Crippen LogP contribution in [0.25, 0.3) is 0 Å². The Hall–Kier alpha value is -0.0800. The van der Waals surface area contributed by atoms with E-state index in [9.17, 15) is 0 Å². The van der Waals surface area contributed by atoms with Gasteiger partial charge >= 0.3 is 0 Å². The van der Waals surface area contributed by atoms with Crippen molar-refractivity contribution >= 4 is 0 Å². The molecule has 0 aliphatic carbocycles. The molecule has 2 heterocycles. The van der Waals surface area contributed by atoms with Gasteiger partial charge < -0.3 is 4.90 Å². The summed E-state index contributed by atoms with van der Waals surface area (Å²) < 4.78 is 0. The van der Waals surface area contributed by atoms with Crippen molar-refractivity contribution in [1.29, 1.82) is 0 Å². The molecule has 0 amide bonds. The molecule has 2 aliphatic rings. The fourth-order valence-corrected chi connectivity index (χ4v) is 2.74. The molecule has 0 atom stereocenters. The van der Waals surface area contributed by atoms with Crippen LogP contribution in [0.1, 0.15) is 27.2 Å². The van der Waals surface area contributed by atoms with Crippen LogP contribution in [-0.2, 0) is 0 Å². The lowest BCUT2D eigenvalue weighted by atomic mass is 9.78. The first-order valence-corrected chi connectivity index (χ1v) is 5.62. The second-order valence-electron chi connectivity index (χ2n) is 5.12. The highest BCUT2D eigenvalue weighted by Gasteiger charge is 2.47. The van der Waals surface area contributed by atoms with Gasteiger partial charge in [-0.1, -0.05) is 6.92 Å². The van der Waals surface area contributed by atoms with Gasteiger partial charge in [0.1, 0.15) is 0 Å². The van der Waals surface area contributed by atoms with E-state index in [0.717, 1.165) is 6.04 Å². The molecule has 0 aromatic heterocycles. The minimum absolute atomic E-state index is 0.695. The molecule has 2 fully saturated rings. The molecule has 2 aliphatic heterocycles. The first-order chi connectivity index (χ1) is 6.15. The Labute approximate surface area is 81.9 Å². The van der Waals surface area contributed by atoms with Gasteiger partial charge in [-0.15, -0.1) is 0 Å². The van der Waals surface area contributed by atoms with E-state index in [4.69, 9.17) is 0 Å². The zero-order valence-corrected chi connectivity index (χ0v) is 9.21. The molecule has 1 spiro atoms. The number of rotatable bonds is 2. The normalized spacial score (nSPS) is 28.6. The molecular weight excluding hydrogens is 160 g/mol. The molecule has 0 N–H and O–H groups in total. The van der Waals surface area contributed by atoms with Crippen molar-refractivity contribution in [3.63, 3.8) is 0 Å². The minimum Gasteiger partial charge on any atom is -0.303 e. The Kier molecular flexibility index (Phi) is 2.37. The first-order valence-electron chi connectivity index (χ1n) is 5.62. The number of likely N-dealkylation sites (tertiary alicyclic amines) is 2. The van der Waals surface area contributed by atoms with E-state index < -0.39 is 0 Å². The molecular formula is C11H22N2. The summed E-state index contributed by atoms with van der Waals surface area (Å²) in [5, 5.41) is 0. The average molecular weight is 182 g/mol. The standard InChI is InChI=1S/C11H22N2/c1-4-12-6-5-11(7-12)8-13(9-11)10(2)3/h10H,4-9H2,1-3H3. The lowest BCUT2D eigenvalue weighted by Gasteiger charge is -2.50. The maximum atomic E-state index is 2.60. The molecule has 0 aromatic rings. The average Bonchev–Trinajstić information content (AvgIpc) is 2.44. The fourth-order valence-electron chi connectivity index (χ4n) is 2.74. The van der Waals surface area contributed by atoms with Crippen molar-refractivity contribution in [3.05, 3.63) is 0 Å². The second kappa shape index (κ2) is 3.25. The molecule has 76 valence electrons. The van der Waals surface area contributed by atoms with Crippen molar-refractivity contribution < 1.29 is 0 Å². The molecule has 13 heavy (non-hydrogen) atoms. The summed E-state index contributed by atoms with van der Waals surface area (Å²) in [7, 11) is 0. The van der Waals surface area contributed by atoms with Crippen LogP contribution in [0.4, 0.5) is 0 Å². The number of hydrogen-bond acceptors (Lipinski definition) is 2. The summed E-state index contributed by atoms with van der Waals surface area (Å²) in [6.07, 6.45) is 1.43. The van der Waals surface area contributed by atoms with E-state index in [1.165, 1.54) is 39.1 Å². The summed E-state index contributed by atoms with van der Waals surface area (Å²) in [4.78, 5) is 5.19. The highest BCUT2D eigenvalue weighted by atomic mass is 15.3. The van der Waals surface area contributed by atoms with Crippen molar-refractivity contribution in [2.45, 2.75) is 33.2 Å². The van der Waals surface area contributed by atoms with Crippen LogP contribution in [0.5, 0.6) is 0 Å². The van der Waals surface area contributed by atoms with Crippen molar-refractivity contribution in [2.75, 3.05) is 32.7 Å². The molecule has 0 unspecified atom stereocenters. The van der Waals surface area contributed by atoms with E-state index in [2.05, 4.69) is 30.6 Å². The number of hydrogen-bond donors (Lipinski definition) is 0. The SMILES string of the molecule is CCN1CCC2(C1)CN(C(C)C)C2. The topological polar surface area (TPSA) is 6.48 Å². The smallest absolute Gasteiger partial charge is 0.00971 e. The number of nitrogens with zero attached hydrogens (tertiary/aromatic N) is 2. The van der Waals surface area contributed by atoms with Crippen LogP contribution in [0.3, 0.4) is 0 Å². The maximum absolute atomic E-state index is 2.60. The maximum Gasteiger partial charge on any atom is 0.00971 e. The van der Waals surface area contributed by atoms with Crippen LogP contribution in [-0.4, -0.2) is 48.6 Å². The monoisotopic (exact) mass is 182 g/mol. The molecule has 2 saturated heterocycles.